The minimum absolute atomic E-state index is 0.111. The number of fused-ring (bicyclic) bond motifs is 1. The molecule has 0 heterocycles. The van der Waals surface area contributed by atoms with Crippen LogP contribution in [0.3, 0.4) is 0 Å². The Balaban J connectivity index is 2.12. The minimum Gasteiger partial charge on any atom is -0.479 e. The third kappa shape index (κ3) is 2.64. The number of carboxylic acid groups (broad SMARTS) is 1. The molecule has 2 atom stereocenters. The zero-order valence-electron chi connectivity index (χ0n) is 10.6. The molecule has 4 heteroatoms. The maximum Gasteiger partial charge on any atom is 0.344 e. The Labute approximate surface area is 107 Å². The molecule has 0 fully saturated rings. The second kappa shape index (κ2) is 5.40. The second-order valence-corrected chi connectivity index (χ2v) is 4.74. The van der Waals surface area contributed by atoms with E-state index in [0.29, 0.717) is 12.2 Å². The van der Waals surface area contributed by atoms with E-state index in [0.717, 1.165) is 24.8 Å². The van der Waals surface area contributed by atoms with E-state index in [2.05, 4.69) is 0 Å². The normalized spacial score (nSPS) is 19.3. The van der Waals surface area contributed by atoms with E-state index >= 15 is 0 Å². The predicted molar refractivity (Wildman–Crippen MR) is 68.7 cm³/mol. The van der Waals surface area contributed by atoms with Crippen molar-refractivity contribution >= 4 is 5.97 Å². The molecule has 0 amide bonds. The van der Waals surface area contributed by atoms with Gasteiger partial charge < -0.3 is 15.6 Å². The standard InChI is InChI=1S/C14H19NO3/c1-2-3-13(14(16)17)18-10-5-6-11-9(8-10)4-7-12(11)15/h5-6,8,12-13H,2-4,7,15H2,1H3,(H,16,17). The van der Waals surface area contributed by atoms with E-state index < -0.39 is 12.1 Å². The summed E-state index contributed by atoms with van der Waals surface area (Å²) in [6.45, 7) is 1.95. The fraction of sp³-hybridized carbons (Fsp3) is 0.500. The fourth-order valence-corrected chi connectivity index (χ4v) is 2.36. The molecule has 2 rings (SSSR count). The molecule has 0 bridgehead atoms. The van der Waals surface area contributed by atoms with Crippen LogP contribution in [0, 0.1) is 0 Å². The van der Waals surface area contributed by atoms with E-state index in [1.807, 2.05) is 25.1 Å². The van der Waals surface area contributed by atoms with Gasteiger partial charge in [-0.2, -0.15) is 0 Å². The largest absolute Gasteiger partial charge is 0.479 e. The number of rotatable bonds is 5. The predicted octanol–water partition coefficient (Wildman–Crippen LogP) is 2.26. The van der Waals surface area contributed by atoms with Crippen molar-refractivity contribution in [1.29, 1.82) is 0 Å². The summed E-state index contributed by atoms with van der Waals surface area (Å²) in [4.78, 5) is 11.0. The lowest BCUT2D eigenvalue weighted by molar-refractivity contribution is -0.145. The molecule has 0 aromatic heterocycles. The highest BCUT2D eigenvalue weighted by atomic mass is 16.5. The van der Waals surface area contributed by atoms with E-state index in [9.17, 15) is 4.79 Å². The Morgan fingerprint density at radius 1 is 1.61 bits per heavy atom. The van der Waals surface area contributed by atoms with Crippen LogP contribution in [-0.4, -0.2) is 17.2 Å². The molecule has 98 valence electrons. The smallest absolute Gasteiger partial charge is 0.344 e. The van der Waals surface area contributed by atoms with E-state index in [-0.39, 0.29) is 6.04 Å². The van der Waals surface area contributed by atoms with Crippen LogP contribution in [0.2, 0.25) is 0 Å². The quantitative estimate of drug-likeness (QED) is 0.839. The fourth-order valence-electron chi connectivity index (χ4n) is 2.36. The van der Waals surface area contributed by atoms with Crippen molar-refractivity contribution in [2.75, 3.05) is 0 Å². The van der Waals surface area contributed by atoms with Gasteiger partial charge >= 0.3 is 5.97 Å². The van der Waals surface area contributed by atoms with Crippen LogP contribution in [0.25, 0.3) is 0 Å². The Kier molecular flexibility index (Phi) is 3.87. The third-order valence-corrected chi connectivity index (χ3v) is 3.34. The summed E-state index contributed by atoms with van der Waals surface area (Å²) in [5, 5.41) is 9.06. The van der Waals surface area contributed by atoms with Crippen LogP contribution < -0.4 is 10.5 Å². The van der Waals surface area contributed by atoms with Crippen LogP contribution in [0.15, 0.2) is 18.2 Å². The first-order valence-corrected chi connectivity index (χ1v) is 6.39. The first-order valence-electron chi connectivity index (χ1n) is 6.39. The third-order valence-electron chi connectivity index (χ3n) is 3.34. The molecule has 1 aromatic rings. The van der Waals surface area contributed by atoms with Crippen LogP contribution >= 0.6 is 0 Å². The number of aryl methyl sites for hydroxylation is 1. The second-order valence-electron chi connectivity index (χ2n) is 4.74. The van der Waals surface area contributed by atoms with Gasteiger partial charge in [0.25, 0.3) is 0 Å². The molecule has 3 N–H and O–H groups in total. The molecule has 0 aliphatic heterocycles. The molecule has 1 aliphatic carbocycles. The summed E-state index contributed by atoms with van der Waals surface area (Å²) >= 11 is 0. The van der Waals surface area contributed by atoms with Crippen molar-refractivity contribution < 1.29 is 14.6 Å². The maximum absolute atomic E-state index is 11.0. The van der Waals surface area contributed by atoms with Gasteiger partial charge in [0.15, 0.2) is 6.10 Å². The molecule has 1 aromatic carbocycles. The molecule has 2 unspecified atom stereocenters. The molecule has 1 aliphatic rings. The van der Waals surface area contributed by atoms with Gasteiger partial charge in [-0.25, -0.2) is 4.79 Å². The number of hydrogen-bond acceptors (Lipinski definition) is 3. The average Bonchev–Trinajstić information content (AvgIpc) is 2.70. The van der Waals surface area contributed by atoms with Crippen LogP contribution in [0.1, 0.15) is 43.4 Å². The lowest BCUT2D eigenvalue weighted by Crippen LogP contribution is -2.26. The lowest BCUT2D eigenvalue weighted by atomic mass is 10.1. The summed E-state index contributed by atoms with van der Waals surface area (Å²) in [6, 6.07) is 5.80. The Hall–Kier alpha value is -1.55. The zero-order chi connectivity index (χ0) is 13.1. The minimum atomic E-state index is -0.908. The van der Waals surface area contributed by atoms with Crippen molar-refractivity contribution in [2.45, 2.75) is 44.8 Å². The van der Waals surface area contributed by atoms with Gasteiger partial charge in [-0.15, -0.1) is 0 Å². The van der Waals surface area contributed by atoms with Crippen LogP contribution in [0.4, 0.5) is 0 Å². The van der Waals surface area contributed by atoms with Gasteiger partial charge in [0.05, 0.1) is 0 Å². The van der Waals surface area contributed by atoms with E-state index in [1.165, 1.54) is 5.56 Å². The van der Waals surface area contributed by atoms with Gasteiger partial charge in [-0.3, -0.25) is 0 Å². The van der Waals surface area contributed by atoms with Gasteiger partial charge in [-0.05, 0) is 42.5 Å². The summed E-state index contributed by atoms with van der Waals surface area (Å²) in [5.74, 6) is -0.280. The molecular weight excluding hydrogens is 230 g/mol. The summed E-state index contributed by atoms with van der Waals surface area (Å²) in [6.07, 6.45) is 2.44. The number of hydrogen-bond donors (Lipinski definition) is 2. The molecule has 0 radical (unpaired) electrons. The Bertz CT molecular complexity index is 445. The number of carbonyl (C=O) groups is 1. The Morgan fingerprint density at radius 2 is 2.39 bits per heavy atom. The highest BCUT2D eigenvalue weighted by molar-refractivity contribution is 5.72. The van der Waals surface area contributed by atoms with Crippen molar-refractivity contribution in [2.24, 2.45) is 5.73 Å². The average molecular weight is 249 g/mol. The van der Waals surface area contributed by atoms with Crippen molar-refractivity contribution in [3.8, 4) is 5.75 Å². The highest BCUT2D eigenvalue weighted by Crippen LogP contribution is 2.32. The van der Waals surface area contributed by atoms with Gasteiger partial charge in [-0.1, -0.05) is 19.4 Å². The van der Waals surface area contributed by atoms with Gasteiger partial charge in [0, 0.05) is 6.04 Å². The van der Waals surface area contributed by atoms with Gasteiger partial charge in [0.1, 0.15) is 5.75 Å². The monoisotopic (exact) mass is 249 g/mol. The first kappa shape index (κ1) is 12.9. The molecule has 18 heavy (non-hydrogen) atoms. The van der Waals surface area contributed by atoms with Crippen molar-refractivity contribution in [3.63, 3.8) is 0 Å². The van der Waals surface area contributed by atoms with Crippen LogP contribution in [0.5, 0.6) is 5.75 Å². The van der Waals surface area contributed by atoms with E-state index in [4.69, 9.17) is 15.6 Å². The SMILES string of the molecule is CCCC(Oc1ccc2c(c1)CCC2N)C(=O)O. The zero-order valence-corrected chi connectivity index (χ0v) is 10.6. The van der Waals surface area contributed by atoms with Crippen molar-refractivity contribution in [1.82, 2.24) is 0 Å². The number of carboxylic acids is 1. The number of benzene rings is 1. The highest BCUT2D eigenvalue weighted by Gasteiger charge is 2.22. The lowest BCUT2D eigenvalue weighted by Gasteiger charge is -2.15. The number of aliphatic carboxylic acids is 1. The number of ether oxygens (including phenoxy) is 1. The topological polar surface area (TPSA) is 72.5 Å². The van der Waals surface area contributed by atoms with E-state index in [1.54, 1.807) is 0 Å². The number of nitrogens with two attached hydrogens (primary N) is 1. The molecule has 4 nitrogen and oxygen atoms in total. The Morgan fingerprint density at radius 3 is 3.06 bits per heavy atom. The molecule has 0 saturated carbocycles. The summed E-state index contributed by atoms with van der Waals surface area (Å²) < 4.78 is 5.54. The summed E-state index contributed by atoms with van der Waals surface area (Å²) in [7, 11) is 0. The van der Waals surface area contributed by atoms with Crippen LogP contribution in [-0.2, 0) is 11.2 Å². The molecule has 0 saturated heterocycles. The molecular formula is C14H19NO3. The maximum atomic E-state index is 11.0. The van der Waals surface area contributed by atoms with Gasteiger partial charge in [0.2, 0.25) is 0 Å². The first-order chi connectivity index (χ1) is 8.61. The van der Waals surface area contributed by atoms with Crippen molar-refractivity contribution in [3.05, 3.63) is 29.3 Å². The molecule has 0 spiro atoms. The summed E-state index contributed by atoms with van der Waals surface area (Å²) in [5.41, 5.74) is 8.30.